The van der Waals surface area contributed by atoms with Crippen LogP contribution in [0.15, 0.2) is 54.6 Å². The van der Waals surface area contributed by atoms with Crippen LogP contribution in [0.3, 0.4) is 0 Å². The van der Waals surface area contributed by atoms with Crippen molar-refractivity contribution in [3.8, 4) is 0 Å². The second-order valence-corrected chi connectivity index (χ2v) is 10.5. The topological polar surface area (TPSA) is 90.5 Å². The Morgan fingerprint density at radius 1 is 0.895 bits per heavy atom. The second-order valence-electron chi connectivity index (χ2n) is 10.5. The molecule has 1 aliphatic heterocycles. The van der Waals surface area contributed by atoms with Gasteiger partial charge in [-0.3, -0.25) is 14.4 Å². The first-order valence-corrected chi connectivity index (χ1v) is 14.0. The van der Waals surface area contributed by atoms with E-state index < -0.39 is 18.1 Å². The predicted octanol–water partition coefficient (Wildman–Crippen LogP) is 3.26. The minimum Gasteiger partial charge on any atom is -0.354 e. The van der Waals surface area contributed by atoms with Crippen LogP contribution >= 0.6 is 0 Å². The standard InChI is InChI=1S/C31H44N4O3/c1-5-22(2)28-31(38)35(4)23(3)29(36)34-27(21-24-13-7-6-8-14-24)30(37)33-19-12-11-17-25-15-9-10-16-26(25)18-20-32-28/h6-10,13-16,22-23,27-28,32H,5,11-12,17-21H2,1-4H3,(H,33,37)(H,34,36)/t22-,23+,27+,28-/m0/s1. The summed E-state index contributed by atoms with van der Waals surface area (Å²) < 4.78 is 0. The van der Waals surface area contributed by atoms with Gasteiger partial charge >= 0.3 is 0 Å². The summed E-state index contributed by atoms with van der Waals surface area (Å²) in [5, 5.41) is 9.44. The molecule has 7 heteroatoms. The van der Waals surface area contributed by atoms with E-state index >= 15 is 0 Å². The van der Waals surface area contributed by atoms with E-state index in [0.717, 1.165) is 37.7 Å². The molecule has 4 atom stereocenters. The van der Waals surface area contributed by atoms with Crippen molar-refractivity contribution >= 4 is 17.7 Å². The van der Waals surface area contributed by atoms with Crippen molar-refractivity contribution in [2.75, 3.05) is 20.1 Å². The van der Waals surface area contributed by atoms with Gasteiger partial charge in [-0.2, -0.15) is 0 Å². The summed E-state index contributed by atoms with van der Waals surface area (Å²) in [7, 11) is 1.67. The van der Waals surface area contributed by atoms with Crippen LogP contribution < -0.4 is 16.0 Å². The van der Waals surface area contributed by atoms with Gasteiger partial charge in [-0.15, -0.1) is 0 Å². The molecular formula is C31H44N4O3. The molecule has 0 aliphatic carbocycles. The van der Waals surface area contributed by atoms with E-state index in [1.54, 1.807) is 14.0 Å². The number of carbonyl (C=O) groups excluding carboxylic acids is 3. The van der Waals surface area contributed by atoms with Crippen LogP contribution in [-0.2, 0) is 33.6 Å². The number of likely N-dealkylation sites (N-methyl/N-ethyl adjacent to an activating group) is 1. The Balaban J connectivity index is 1.85. The van der Waals surface area contributed by atoms with Gasteiger partial charge in [0.2, 0.25) is 17.7 Å². The molecule has 0 aromatic heterocycles. The number of hydrogen-bond acceptors (Lipinski definition) is 4. The van der Waals surface area contributed by atoms with Gasteiger partial charge in [-0.1, -0.05) is 74.9 Å². The van der Waals surface area contributed by atoms with Crippen molar-refractivity contribution in [3.05, 3.63) is 71.3 Å². The van der Waals surface area contributed by atoms with E-state index in [1.165, 1.54) is 16.0 Å². The van der Waals surface area contributed by atoms with E-state index in [4.69, 9.17) is 0 Å². The van der Waals surface area contributed by atoms with Crippen molar-refractivity contribution in [2.24, 2.45) is 5.92 Å². The van der Waals surface area contributed by atoms with Gasteiger partial charge in [0, 0.05) is 20.0 Å². The highest BCUT2D eigenvalue weighted by Gasteiger charge is 2.32. The number of amides is 3. The van der Waals surface area contributed by atoms with Crippen LogP contribution in [0, 0.1) is 5.92 Å². The van der Waals surface area contributed by atoms with Crippen LogP contribution in [0.4, 0.5) is 0 Å². The van der Waals surface area contributed by atoms with E-state index in [2.05, 4.69) is 54.1 Å². The van der Waals surface area contributed by atoms with Gasteiger partial charge in [-0.25, -0.2) is 0 Å². The minimum atomic E-state index is -0.723. The Morgan fingerprint density at radius 3 is 2.24 bits per heavy atom. The summed E-state index contributed by atoms with van der Waals surface area (Å²) in [6.07, 6.45) is 4.80. The quantitative estimate of drug-likeness (QED) is 0.577. The summed E-state index contributed by atoms with van der Waals surface area (Å²) in [6, 6.07) is 16.3. The minimum absolute atomic E-state index is 0.109. The third-order valence-corrected chi connectivity index (χ3v) is 7.75. The maximum Gasteiger partial charge on any atom is 0.243 e. The third-order valence-electron chi connectivity index (χ3n) is 7.75. The molecule has 38 heavy (non-hydrogen) atoms. The summed E-state index contributed by atoms with van der Waals surface area (Å²) in [5.74, 6) is -0.544. The number of fused-ring (bicyclic) bond motifs is 1. The number of benzene rings is 2. The molecule has 0 radical (unpaired) electrons. The predicted molar refractivity (Wildman–Crippen MR) is 152 cm³/mol. The molecule has 1 heterocycles. The fourth-order valence-corrected chi connectivity index (χ4v) is 4.89. The summed E-state index contributed by atoms with van der Waals surface area (Å²) in [6.45, 7) is 7.08. The number of carbonyl (C=O) groups is 3. The largest absolute Gasteiger partial charge is 0.354 e. The highest BCUT2D eigenvalue weighted by Crippen LogP contribution is 2.16. The van der Waals surface area contributed by atoms with Gasteiger partial charge < -0.3 is 20.9 Å². The van der Waals surface area contributed by atoms with Crippen LogP contribution in [0.25, 0.3) is 0 Å². The van der Waals surface area contributed by atoms with Gasteiger partial charge in [0.15, 0.2) is 0 Å². The Kier molecular flexibility index (Phi) is 11.3. The van der Waals surface area contributed by atoms with Crippen molar-refractivity contribution in [2.45, 2.75) is 77.4 Å². The maximum atomic E-state index is 13.6. The first-order valence-electron chi connectivity index (χ1n) is 14.0. The fraction of sp³-hybridized carbons (Fsp3) is 0.516. The molecule has 3 amide bonds. The third kappa shape index (κ3) is 8.15. The van der Waals surface area contributed by atoms with E-state index in [0.29, 0.717) is 19.5 Å². The molecule has 0 saturated heterocycles. The van der Waals surface area contributed by atoms with E-state index in [-0.39, 0.29) is 23.6 Å². The van der Waals surface area contributed by atoms with Gasteiger partial charge in [0.05, 0.1) is 6.04 Å². The zero-order chi connectivity index (χ0) is 27.5. The summed E-state index contributed by atoms with van der Waals surface area (Å²) >= 11 is 0. The van der Waals surface area contributed by atoms with Crippen LogP contribution in [-0.4, -0.2) is 60.9 Å². The van der Waals surface area contributed by atoms with Gasteiger partial charge in [0.1, 0.15) is 12.1 Å². The zero-order valence-electron chi connectivity index (χ0n) is 23.3. The highest BCUT2D eigenvalue weighted by molar-refractivity contribution is 5.93. The molecule has 1 aliphatic rings. The Morgan fingerprint density at radius 2 is 1.55 bits per heavy atom. The molecule has 2 aromatic carbocycles. The molecule has 3 N–H and O–H groups in total. The lowest BCUT2D eigenvalue weighted by Gasteiger charge is -2.32. The maximum absolute atomic E-state index is 13.6. The molecule has 0 spiro atoms. The van der Waals surface area contributed by atoms with E-state index in [1.807, 2.05) is 30.3 Å². The Bertz CT molecular complexity index is 1060. The number of nitrogens with zero attached hydrogens (tertiary/aromatic N) is 1. The zero-order valence-corrected chi connectivity index (χ0v) is 23.3. The Labute approximate surface area is 227 Å². The number of aryl methyl sites for hydroxylation is 1. The first kappa shape index (κ1) is 29.4. The monoisotopic (exact) mass is 520 g/mol. The average Bonchev–Trinajstić information content (AvgIpc) is 2.93. The van der Waals surface area contributed by atoms with Gasteiger partial charge in [0.25, 0.3) is 0 Å². The molecular weight excluding hydrogens is 476 g/mol. The van der Waals surface area contributed by atoms with E-state index in [9.17, 15) is 14.4 Å². The van der Waals surface area contributed by atoms with Crippen LogP contribution in [0.1, 0.15) is 56.7 Å². The number of rotatable bonds is 4. The number of nitrogens with one attached hydrogen (secondary N) is 3. The molecule has 0 fully saturated rings. The number of hydrogen-bond donors (Lipinski definition) is 3. The van der Waals surface area contributed by atoms with Crippen molar-refractivity contribution in [1.82, 2.24) is 20.9 Å². The molecule has 2 aromatic rings. The molecule has 0 unspecified atom stereocenters. The van der Waals surface area contributed by atoms with Crippen LogP contribution in [0.2, 0.25) is 0 Å². The Hall–Kier alpha value is -3.19. The fourth-order valence-electron chi connectivity index (χ4n) is 4.89. The first-order chi connectivity index (χ1) is 18.3. The smallest absolute Gasteiger partial charge is 0.243 e. The lowest BCUT2D eigenvalue weighted by atomic mass is 9.96. The summed E-state index contributed by atoms with van der Waals surface area (Å²) in [5.41, 5.74) is 3.56. The highest BCUT2D eigenvalue weighted by atomic mass is 16.2. The molecule has 0 bridgehead atoms. The molecule has 206 valence electrons. The van der Waals surface area contributed by atoms with Crippen molar-refractivity contribution in [1.29, 1.82) is 0 Å². The van der Waals surface area contributed by atoms with Crippen molar-refractivity contribution in [3.63, 3.8) is 0 Å². The second kappa shape index (κ2) is 14.7. The lowest BCUT2D eigenvalue weighted by molar-refractivity contribution is -0.141. The molecule has 7 nitrogen and oxygen atoms in total. The SMILES string of the molecule is CC[C@H](C)[C@@H]1NCCc2ccccc2CCCCNC(=O)[C@@H](Cc2ccccc2)NC(=O)[C@@H](C)N(C)C1=O. The normalized spacial score (nSPS) is 23.4. The lowest BCUT2D eigenvalue weighted by Crippen LogP contribution is -2.57. The van der Waals surface area contributed by atoms with Gasteiger partial charge in [-0.05, 0) is 61.8 Å². The van der Waals surface area contributed by atoms with Crippen LogP contribution in [0.5, 0.6) is 0 Å². The molecule has 3 rings (SSSR count). The van der Waals surface area contributed by atoms with Crippen molar-refractivity contribution < 1.29 is 14.4 Å². The summed E-state index contributed by atoms with van der Waals surface area (Å²) in [4.78, 5) is 41.5. The molecule has 0 saturated carbocycles. The average molecular weight is 521 g/mol.